The van der Waals surface area contributed by atoms with Crippen LogP contribution in [0.15, 0.2) is 79.1 Å². The quantitative estimate of drug-likeness (QED) is 0.671. The number of aliphatic hydroxyl groups is 1. The number of hydrogen-bond donors (Lipinski definition) is 1. The second-order valence-electron chi connectivity index (χ2n) is 6.74. The fourth-order valence-electron chi connectivity index (χ4n) is 3.66. The summed E-state index contributed by atoms with van der Waals surface area (Å²) in [7, 11) is 0. The third-order valence-corrected chi connectivity index (χ3v) is 5.16. The molecule has 4 rings (SSSR count). The second-order valence-corrected chi connectivity index (χ2v) is 7.17. The van der Waals surface area contributed by atoms with E-state index in [-0.39, 0.29) is 17.7 Å². The number of aryl methyl sites for hydroxylation is 1. The Morgan fingerprint density at radius 1 is 1.07 bits per heavy atom. The van der Waals surface area contributed by atoms with Gasteiger partial charge in [0.15, 0.2) is 5.76 Å². The molecule has 1 amide bonds. The molecule has 1 aliphatic rings. The molecule has 142 valence electrons. The number of nitrogens with zero attached hydrogens (tertiary/aromatic N) is 3. The Balaban J connectivity index is 1.68. The summed E-state index contributed by atoms with van der Waals surface area (Å²) in [4.78, 5) is 18.7. The summed E-state index contributed by atoms with van der Waals surface area (Å²) < 4.78 is 1.97. The average molecular weight is 394 g/mol. The summed E-state index contributed by atoms with van der Waals surface area (Å²) in [6.07, 6.45) is 6.13. The molecule has 3 aromatic rings. The van der Waals surface area contributed by atoms with E-state index < -0.39 is 0 Å². The normalized spacial score (nSPS) is 16.8. The van der Waals surface area contributed by atoms with Crippen molar-refractivity contribution < 1.29 is 9.90 Å². The number of rotatable bonds is 6. The van der Waals surface area contributed by atoms with Crippen molar-refractivity contribution in [1.82, 2.24) is 14.5 Å². The highest BCUT2D eigenvalue weighted by atomic mass is 35.5. The molecule has 1 unspecified atom stereocenters. The minimum atomic E-state index is -0.378. The molecule has 0 bridgehead atoms. The third kappa shape index (κ3) is 3.53. The van der Waals surface area contributed by atoms with Gasteiger partial charge in [-0.25, -0.2) is 4.98 Å². The van der Waals surface area contributed by atoms with Gasteiger partial charge in [-0.1, -0.05) is 54.1 Å². The lowest BCUT2D eigenvalue weighted by atomic mass is 9.93. The molecule has 0 spiro atoms. The van der Waals surface area contributed by atoms with Crippen LogP contribution in [-0.2, 0) is 11.3 Å². The molecule has 6 heteroatoms. The molecule has 0 fully saturated rings. The van der Waals surface area contributed by atoms with Crippen molar-refractivity contribution >= 4 is 23.1 Å². The van der Waals surface area contributed by atoms with Gasteiger partial charge < -0.3 is 14.6 Å². The number of halogens is 1. The Morgan fingerprint density at radius 2 is 1.89 bits per heavy atom. The van der Waals surface area contributed by atoms with Gasteiger partial charge in [-0.3, -0.25) is 4.79 Å². The number of carbonyl (C=O) groups excluding carboxylic acids is 1. The van der Waals surface area contributed by atoms with Crippen LogP contribution in [0.4, 0.5) is 0 Å². The molecule has 5 nitrogen and oxygen atoms in total. The van der Waals surface area contributed by atoms with Crippen molar-refractivity contribution in [2.24, 2.45) is 0 Å². The smallest absolute Gasteiger partial charge is 0.289 e. The van der Waals surface area contributed by atoms with Gasteiger partial charge in [0.2, 0.25) is 0 Å². The van der Waals surface area contributed by atoms with Crippen molar-refractivity contribution in [2.45, 2.75) is 19.0 Å². The van der Waals surface area contributed by atoms with Crippen molar-refractivity contribution in [3.05, 3.63) is 95.2 Å². The zero-order valence-electron chi connectivity index (χ0n) is 15.2. The van der Waals surface area contributed by atoms with E-state index in [0.29, 0.717) is 17.1 Å². The van der Waals surface area contributed by atoms with Gasteiger partial charge in [-0.05, 0) is 29.7 Å². The second kappa shape index (κ2) is 7.90. The fraction of sp³-hybridized carbons (Fsp3) is 0.182. The number of amides is 1. The van der Waals surface area contributed by atoms with Crippen LogP contribution in [0.1, 0.15) is 23.6 Å². The average Bonchev–Trinajstić information content (AvgIpc) is 3.31. The first-order valence-corrected chi connectivity index (χ1v) is 9.53. The van der Waals surface area contributed by atoms with Crippen LogP contribution in [0.5, 0.6) is 0 Å². The Bertz CT molecular complexity index is 1000. The molecule has 1 aliphatic heterocycles. The maximum Gasteiger partial charge on any atom is 0.289 e. The van der Waals surface area contributed by atoms with Crippen molar-refractivity contribution in [2.75, 3.05) is 6.54 Å². The van der Waals surface area contributed by atoms with Gasteiger partial charge in [0.1, 0.15) is 0 Å². The lowest BCUT2D eigenvalue weighted by Gasteiger charge is -2.27. The first-order valence-electron chi connectivity index (χ1n) is 9.16. The lowest BCUT2D eigenvalue weighted by Crippen LogP contribution is -2.31. The molecular weight excluding hydrogens is 374 g/mol. The van der Waals surface area contributed by atoms with Gasteiger partial charge in [-0.15, -0.1) is 0 Å². The van der Waals surface area contributed by atoms with Gasteiger partial charge >= 0.3 is 0 Å². The zero-order chi connectivity index (χ0) is 19.5. The van der Waals surface area contributed by atoms with E-state index in [0.717, 1.165) is 24.1 Å². The molecule has 1 aromatic heterocycles. The van der Waals surface area contributed by atoms with E-state index in [1.54, 1.807) is 23.5 Å². The highest BCUT2D eigenvalue weighted by molar-refractivity contribution is 6.30. The highest BCUT2D eigenvalue weighted by Gasteiger charge is 2.40. The van der Waals surface area contributed by atoms with Crippen LogP contribution in [-0.4, -0.2) is 32.0 Å². The highest BCUT2D eigenvalue weighted by Crippen LogP contribution is 2.43. The molecule has 1 atom stereocenters. The molecular formula is C22H20ClN3O2. The standard InChI is InChI=1S/C22H20ClN3O2/c23-18-9-4-8-17(14-18)20-19(16-6-2-1-3-7-16)21(27)22(28)26(20)12-5-11-25-13-10-24-15-25/h1-4,6-10,13-15,20,27H,5,11-12H2. The van der Waals surface area contributed by atoms with Gasteiger partial charge in [-0.2, -0.15) is 0 Å². The predicted octanol–water partition coefficient (Wildman–Crippen LogP) is 4.48. The molecule has 0 radical (unpaired) electrons. The van der Waals surface area contributed by atoms with Crippen LogP contribution in [0.2, 0.25) is 5.02 Å². The Hall–Kier alpha value is -3.05. The summed E-state index contributed by atoms with van der Waals surface area (Å²) in [6.45, 7) is 1.25. The van der Waals surface area contributed by atoms with Crippen LogP contribution in [0.3, 0.4) is 0 Å². The van der Waals surface area contributed by atoms with E-state index in [9.17, 15) is 9.90 Å². The first kappa shape index (κ1) is 18.3. The molecule has 0 saturated carbocycles. The number of carbonyl (C=O) groups is 1. The summed E-state index contributed by atoms with van der Waals surface area (Å²) in [5.74, 6) is -0.548. The van der Waals surface area contributed by atoms with Crippen molar-refractivity contribution in [1.29, 1.82) is 0 Å². The van der Waals surface area contributed by atoms with Crippen molar-refractivity contribution in [3.8, 4) is 0 Å². The Morgan fingerprint density at radius 3 is 2.61 bits per heavy atom. The van der Waals surface area contributed by atoms with Gasteiger partial charge in [0, 0.05) is 36.1 Å². The number of benzene rings is 2. The van der Waals surface area contributed by atoms with E-state index in [2.05, 4.69) is 4.98 Å². The monoisotopic (exact) mass is 393 g/mol. The molecule has 2 heterocycles. The minimum Gasteiger partial charge on any atom is -0.503 e. The summed E-state index contributed by atoms with van der Waals surface area (Å²) in [5.41, 5.74) is 2.33. The zero-order valence-corrected chi connectivity index (χ0v) is 16.0. The number of imidazole rings is 1. The maximum absolute atomic E-state index is 12.9. The number of aromatic nitrogens is 2. The van der Waals surface area contributed by atoms with E-state index in [1.807, 2.05) is 59.3 Å². The molecule has 2 aromatic carbocycles. The first-order chi connectivity index (χ1) is 13.6. The number of aliphatic hydroxyl groups excluding tert-OH is 1. The summed E-state index contributed by atoms with van der Waals surface area (Å²) in [5, 5.41) is 11.3. The van der Waals surface area contributed by atoms with Gasteiger partial charge in [0.05, 0.1) is 12.4 Å². The summed E-state index contributed by atoms with van der Waals surface area (Å²) >= 11 is 6.22. The largest absolute Gasteiger partial charge is 0.503 e. The number of hydrogen-bond acceptors (Lipinski definition) is 3. The van der Waals surface area contributed by atoms with Crippen molar-refractivity contribution in [3.63, 3.8) is 0 Å². The van der Waals surface area contributed by atoms with E-state index in [1.165, 1.54) is 0 Å². The van der Waals surface area contributed by atoms with E-state index >= 15 is 0 Å². The van der Waals surface area contributed by atoms with E-state index in [4.69, 9.17) is 11.6 Å². The molecule has 28 heavy (non-hydrogen) atoms. The van der Waals surface area contributed by atoms with Crippen LogP contribution < -0.4 is 0 Å². The Labute approximate surface area is 168 Å². The van der Waals surface area contributed by atoms with Crippen LogP contribution in [0.25, 0.3) is 5.57 Å². The topological polar surface area (TPSA) is 58.4 Å². The third-order valence-electron chi connectivity index (χ3n) is 4.93. The minimum absolute atomic E-state index is 0.196. The maximum atomic E-state index is 12.9. The van der Waals surface area contributed by atoms with Crippen LogP contribution >= 0.6 is 11.6 Å². The lowest BCUT2D eigenvalue weighted by molar-refractivity contribution is -0.129. The van der Waals surface area contributed by atoms with Gasteiger partial charge in [0.25, 0.3) is 5.91 Å². The SMILES string of the molecule is O=C1C(O)=C(c2ccccc2)C(c2cccc(Cl)c2)N1CCCn1ccnc1. The fourth-order valence-corrected chi connectivity index (χ4v) is 3.86. The summed E-state index contributed by atoms with van der Waals surface area (Å²) in [6, 6.07) is 16.6. The predicted molar refractivity (Wildman–Crippen MR) is 109 cm³/mol. The molecule has 1 N–H and O–H groups in total. The molecule has 0 saturated heterocycles. The Kier molecular flexibility index (Phi) is 5.17. The molecule has 0 aliphatic carbocycles. The van der Waals surface area contributed by atoms with Crippen LogP contribution in [0, 0.1) is 0 Å².